The molecule has 1 aliphatic rings. The van der Waals surface area contributed by atoms with Crippen molar-refractivity contribution in [3.8, 4) is 0 Å². The molecule has 1 aromatic rings. The van der Waals surface area contributed by atoms with Gasteiger partial charge in [0, 0.05) is 36.0 Å². The Hall–Kier alpha value is -1.38. The SMILES string of the molecule is CCC(C)(C)c1cc(C(=O)N2CCCCC2)ccn1. The molecule has 1 amide bonds. The van der Waals surface area contributed by atoms with E-state index in [1.807, 2.05) is 17.0 Å². The van der Waals surface area contributed by atoms with Crippen LogP contribution in [0.15, 0.2) is 18.3 Å². The molecule has 0 aromatic carbocycles. The molecular weight excluding hydrogens is 236 g/mol. The summed E-state index contributed by atoms with van der Waals surface area (Å²) in [5.41, 5.74) is 1.82. The van der Waals surface area contributed by atoms with Crippen LogP contribution in [0.3, 0.4) is 0 Å². The molecule has 3 heteroatoms. The van der Waals surface area contributed by atoms with E-state index in [9.17, 15) is 4.79 Å². The van der Waals surface area contributed by atoms with Gasteiger partial charge in [0.1, 0.15) is 0 Å². The maximum Gasteiger partial charge on any atom is 0.253 e. The molecule has 2 rings (SSSR count). The van der Waals surface area contributed by atoms with Crippen molar-refractivity contribution >= 4 is 5.91 Å². The summed E-state index contributed by atoms with van der Waals surface area (Å²) < 4.78 is 0. The number of hydrogen-bond acceptors (Lipinski definition) is 2. The van der Waals surface area contributed by atoms with Crippen LogP contribution in [0.1, 0.15) is 62.5 Å². The Morgan fingerprint density at radius 2 is 2.00 bits per heavy atom. The van der Waals surface area contributed by atoms with Crippen molar-refractivity contribution in [1.29, 1.82) is 0 Å². The van der Waals surface area contributed by atoms with Crippen LogP contribution in [0, 0.1) is 0 Å². The van der Waals surface area contributed by atoms with Gasteiger partial charge in [0.2, 0.25) is 0 Å². The second-order valence-corrected chi connectivity index (χ2v) is 6.02. The molecule has 2 heterocycles. The van der Waals surface area contributed by atoms with Crippen LogP contribution in [0.2, 0.25) is 0 Å². The molecule has 0 spiro atoms. The summed E-state index contributed by atoms with van der Waals surface area (Å²) in [5, 5.41) is 0. The maximum absolute atomic E-state index is 12.5. The van der Waals surface area contributed by atoms with Crippen molar-refractivity contribution in [3.63, 3.8) is 0 Å². The van der Waals surface area contributed by atoms with Crippen LogP contribution in [0.4, 0.5) is 0 Å². The van der Waals surface area contributed by atoms with E-state index in [0.29, 0.717) is 0 Å². The second kappa shape index (κ2) is 5.72. The van der Waals surface area contributed by atoms with E-state index < -0.39 is 0 Å². The number of aromatic nitrogens is 1. The molecule has 19 heavy (non-hydrogen) atoms. The molecule has 1 aromatic heterocycles. The molecule has 0 aliphatic carbocycles. The number of carbonyl (C=O) groups is 1. The van der Waals surface area contributed by atoms with Gasteiger partial charge in [-0.05, 0) is 37.8 Å². The molecule has 0 N–H and O–H groups in total. The number of amides is 1. The van der Waals surface area contributed by atoms with Gasteiger partial charge >= 0.3 is 0 Å². The number of hydrogen-bond donors (Lipinski definition) is 0. The van der Waals surface area contributed by atoms with Crippen molar-refractivity contribution in [3.05, 3.63) is 29.6 Å². The van der Waals surface area contributed by atoms with E-state index in [1.165, 1.54) is 6.42 Å². The molecule has 1 aliphatic heterocycles. The quantitative estimate of drug-likeness (QED) is 0.834. The van der Waals surface area contributed by atoms with Crippen LogP contribution < -0.4 is 0 Å². The first-order valence-electron chi connectivity index (χ1n) is 7.30. The predicted molar refractivity (Wildman–Crippen MR) is 77.3 cm³/mol. The Morgan fingerprint density at radius 3 is 2.63 bits per heavy atom. The third-order valence-electron chi connectivity index (χ3n) is 4.23. The minimum atomic E-state index is 0.0260. The molecule has 3 nitrogen and oxygen atoms in total. The van der Waals surface area contributed by atoms with Crippen LogP contribution in [0.25, 0.3) is 0 Å². The first-order chi connectivity index (χ1) is 9.04. The highest BCUT2D eigenvalue weighted by Gasteiger charge is 2.23. The Morgan fingerprint density at radius 1 is 1.32 bits per heavy atom. The molecule has 0 atom stereocenters. The third-order valence-corrected chi connectivity index (χ3v) is 4.23. The monoisotopic (exact) mass is 260 g/mol. The summed E-state index contributed by atoms with van der Waals surface area (Å²) in [6, 6.07) is 3.81. The lowest BCUT2D eigenvalue weighted by atomic mass is 9.85. The van der Waals surface area contributed by atoms with Gasteiger partial charge in [-0.25, -0.2) is 0 Å². The maximum atomic E-state index is 12.5. The van der Waals surface area contributed by atoms with E-state index in [1.54, 1.807) is 6.20 Å². The lowest BCUT2D eigenvalue weighted by molar-refractivity contribution is 0.0724. The van der Waals surface area contributed by atoms with Gasteiger partial charge in [-0.3, -0.25) is 9.78 Å². The Bertz CT molecular complexity index is 448. The van der Waals surface area contributed by atoms with Crippen LogP contribution >= 0.6 is 0 Å². The van der Waals surface area contributed by atoms with Gasteiger partial charge in [0.25, 0.3) is 5.91 Å². The molecule has 0 bridgehead atoms. The number of piperidine rings is 1. The standard InChI is InChI=1S/C16H24N2O/c1-4-16(2,3)14-12-13(8-9-17-14)15(19)18-10-6-5-7-11-18/h8-9,12H,4-7,10-11H2,1-3H3. The van der Waals surface area contributed by atoms with Crippen molar-refractivity contribution in [2.45, 2.75) is 51.9 Å². The minimum Gasteiger partial charge on any atom is -0.339 e. The van der Waals surface area contributed by atoms with Crippen LogP contribution in [0.5, 0.6) is 0 Å². The van der Waals surface area contributed by atoms with Crippen molar-refractivity contribution in [2.24, 2.45) is 0 Å². The molecule has 0 unspecified atom stereocenters. The molecular formula is C16H24N2O. The topological polar surface area (TPSA) is 33.2 Å². The molecule has 1 saturated heterocycles. The zero-order valence-corrected chi connectivity index (χ0v) is 12.3. The second-order valence-electron chi connectivity index (χ2n) is 6.02. The smallest absolute Gasteiger partial charge is 0.253 e. The number of carbonyl (C=O) groups excluding carboxylic acids is 1. The van der Waals surface area contributed by atoms with E-state index in [4.69, 9.17) is 0 Å². The summed E-state index contributed by atoms with van der Waals surface area (Å²) in [5.74, 6) is 0.162. The molecule has 104 valence electrons. The zero-order valence-electron chi connectivity index (χ0n) is 12.3. The summed E-state index contributed by atoms with van der Waals surface area (Å²) >= 11 is 0. The highest BCUT2D eigenvalue weighted by atomic mass is 16.2. The van der Waals surface area contributed by atoms with E-state index >= 15 is 0 Å². The molecule has 0 saturated carbocycles. The minimum absolute atomic E-state index is 0.0260. The highest BCUT2D eigenvalue weighted by Crippen LogP contribution is 2.25. The van der Waals surface area contributed by atoms with Crippen molar-refractivity contribution < 1.29 is 4.79 Å². The van der Waals surface area contributed by atoms with Crippen molar-refractivity contribution in [1.82, 2.24) is 9.88 Å². The average molecular weight is 260 g/mol. The predicted octanol–water partition coefficient (Wildman–Crippen LogP) is 3.40. The van der Waals surface area contributed by atoms with Gasteiger partial charge in [-0.1, -0.05) is 20.8 Å². The Balaban J connectivity index is 2.20. The third kappa shape index (κ3) is 3.14. The molecule has 1 fully saturated rings. The van der Waals surface area contributed by atoms with E-state index in [2.05, 4.69) is 25.8 Å². The van der Waals surface area contributed by atoms with Gasteiger partial charge in [-0.15, -0.1) is 0 Å². The van der Waals surface area contributed by atoms with Gasteiger partial charge in [0.15, 0.2) is 0 Å². The fourth-order valence-electron chi connectivity index (χ4n) is 2.39. The number of pyridine rings is 1. The summed E-state index contributed by atoms with van der Waals surface area (Å²) in [4.78, 5) is 18.9. The fourth-order valence-corrected chi connectivity index (χ4v) is 2.39. The highest BCUT2D eigenvalue weighted by molar-refractivity contribution is 5.94. The first kappa shape index (κ1) is 14.0. The normalized spacial score (nSPS) is 16.5. The summed E-state index contributed by atoms with van der Waals surface area (Å²) in [6.45, 7) is 8.29. The van der Waals surface area contributed by atoms with Crippen LogP contribution in [-0.4, -0.2) is 28.9 Å². The van der Waals surface area contributed by atoms with Crippen molar-refractivity contribution in [2.75, 3.05) is 13.1 Å². The van der Waals surface area contributed by atoms with E-state index in [0.717, 1.165) is 43.6 Å². The largest absolute Gasteiger partial charge is 0.339 e. The van der Waals surface area contributed by atoms with Crippen LogP contribution in [-0.2, 0) is 5.41 Å². The zero-order chi connectivity index (χ0) is 13.9. The van der Waals surface area contributed by atoms with E-state index in [-0.39, 0.29) is 11.3 Å². The van der Waals surface area contributed by atoms with Gasteiger partial charge < -0.3 is 4.90 Å². The van der Waals surface area contributed by atoms with Gasteiger partial charge in [0.05, 0.1) is 0 Å². The van der Waals surface area contributed by atoms with Gasteiger partial charge in [-0.2, -0.15) is 0 Å². The first-order valence-corrected chi connectivity index (χ1v) is 7.30. The fraction of sp³-hybridized carbons (Fsp3) is 0.625. The molecule has 0 radical (unpaired) electrons. The number of rotatable bonds is 3. The average Bonchev–Trinajstić information content (AvgIpc) is 2.47. The number of nitrogens with zero attached hydrogens (tertiary/aromatic N) is 2. The summed E-state index contributed by atoms with van der Waals surface area (Å²) in [7, 11) is 0. The summed E-state index contributed by atoms with van der Waals surface area (Å²) in [6.07, 6.45) is 6.29. The Kier molecular flexibility index (Phi) is 4.23. The lowest BCUT2D eigenvalue weighted by Crippen LogP contribution is -2.35. The number of likely N-dealkylation sites (tertiary alicyclic amines) is 1. The lowest BCUT2D eigenvalue weighted by Gasteiger charge is -2.27. The Labute approximate surface area is 116 Å².